The Morgan fingerprint density at radius 1 is 1.10 bits per heavy atom. The maximum Gasteiger partial charge on any atom is 0.159 e. The fraction of sp³-hybridized carbons (Fsp3) is 1.00. The summed E-state index contributed by atoms with van der Waals surface area (Å²) < 4.78 is 5.15. The molecule has 0 aliphatic carbocycles. The number of hydrogen-bond acceptors (Lipinski definition) is 2. The molecule has 1 N–H and O–H groups in total. The average molecular weight is 146 g/mol. The normalized spacial score (nSPS) is 13.8. The van der Waals surface area contributed by atoms with Crippen LogP contribution in [0.5, 0.6) is 0 Å². The molecular formula is C8H18O2. The Bertz CT molecular complexity index is 80.8. The minimum absolute atomic E-state index is 0.125. The second kappa shape index (κ2) is 2.89. The fourth-order valence-corrected chi connectivity index (χ4v) is 0.393. The van der Waals surface area contributed by atoms with E-state index in [2.05, 4.69) is 20.8 Å². The average Bonchev–Trinajstić information content (AvgIpc) is 1.57. The third-order valence-corrected chi connectivity index (χ3v) is 0.858. The summed E-state index contributed by atoms with van der Waals surface area (Å²) in [4.78, 5) is 0. The zero-order valence-corrected chi connectivity index (χ0v) is 7.56. The second-order valence-electron chi connectivity index (χ2n) is 4.30. The van der Waals surface area contributed by atoms with Crippen LogP contribution in [0.1, 0.15) is 34.6 Å². The van der Waals surface area contributed by atoms with E-state index in [9.17, 15) is 0 Å². The van der Waals surface area contributed by atoms with Crippen LogP contribution in [-0.2, 0) is 4.74 Å². The summed E-state index contributed by atoms with van der Waals surface area (Å²) in [7, 11) is 0. The summed E-state index contributed by atoms with van der Waals surface area (Å²) in [5, 5.41) is 9.16. The van der Waals surface area contributed by atoms with E-state index in [1.54, 1.807) is 13.8 Å². The molecule has 0 radical (unpaired) electrons. The van der Waals surface area contributed by atoms with Gasteiger partial charge in [-0.3, -0.25) is 0 Å². The van der Waals surface area contributed by atoms with E-state index in [4.69, 9.17) is 9.84 Å². The van der Waals surface area contributed by atoms with E-state index in [1.807, 2.05) is 0 Å². The van der Waals surface area contributed by atoms with E-state index in [0.717, 1.165) is 0 Å². The Balaban J connectivity index is 3.56. The summed E-state index contributed by atoms with van der Waals surface area (Å²) in [5.74, 6) is -0.993. The third-order valence-electron chi connectivity index (χ3n) is 0.858. The summed E-state index contributed by atoms with van der Waals surface area (Å²) in [5.41, 5.74) is 0.125. The van der Waals surface area contributed by atoms with Gasteiger partial charge in [0.1, 0.15) is 0 Å². The molecule has 0 saturated heterocycles. The molecule has 62 valence electrons. The molecule has 0 atom stereocenters. The van der Waals surface area contributed by atoms with Crippen LogP contribution < -0.4 is 0 Å². The summed E-state index contributed by atoms with van der Waals surface area (Å²) in [6.45, 7) is 10.1. The van der Waals surface area contributed by atoms with Gasteiger partial charge in [0.2, 0.25) is 0 Å². The molecule has 0 bridgehead atoms. The minimum Gasteiger partial charge on any atom is -0.366 e. The van der Waals surface area contributed by atoms with Gasteiger partial charge in [0.05, 0.1) is 6.61 Å². The van der Waals surface area contributed by atoms with E-state index >= 15 is 0 Å². The number of hydrogen-bond donors (Lipinski definition) is 1. The van der Waals surface area contributed by atoms with E-state index in [1.165, 1.54) is 0 Å². The molecule has 0 aromatic rings. The van der Waals surface area contributed by atoms with Crippen molar-refractivity contribution < 1.29 is 9.84 Å². The van der Waals surface area contributed by atoms with Crippen molar-refractivity contribution in [1.82, 2.24) is 0 Å². The lowest BCUT2D eigenvalue weighted by atomic mass is 9.98. The zero-order chi connectivity index (χ0) is 8.41. The van der Waals surface area contributed by atoms with Crippen molar-refractivity contribution in [3.8, 4) is 0 Å². The third kappa shape index (κ3) is 7.92. The fourth-order valence-electron chi connectivity index (χ4n) is 0.393. The van der Waals surface area contributed by atoms with Crippen LogP contribution in [-0.4, -0.2) is 17.5 Å². The quantitative estimate of drug-likeness (QED) is 0.602. The highest BCUT2D eigenvalue weighted by Crippen LogP contribution is 2.16. The molecule has 0 spiro atoms. The van der Waals surface area contributed by atoms with Crippen molar-refractivity contribution in [2.75, 3.05) is 6.61 Å². The molecule has 0 heterocycles. The summed E-state index contributed by atoms with van der Waals surface area (Å²) in [6.07, 6.45) is 0. The van der Waals surface area contributed by atoms with Gasteiger partial charge in [-0.15, -0.1) is 0 Å². The molecule has 0 aromatic carbocycles. The van der Waals surface area contributed by atoms with Crippen molar-refractivity contribution in [3.63, 3.8) is 0 Å². The lowest BCUT2D eigenvalue weighted by Crippen LogP contribution is -2.28. The minimum atomic E-state index is -0.993. The summed E-state index contributed by atoms with van der Waals surface area (Å²) >= 11 is 0. The van der Waals surface area contributed by atoms with Gasteiger partial charge >= 0.3 is 0 Å². The van der Waals surface area contributed by atoms with Crippen molar-refractivity contribution >= 4 is 0 Å². The van der Waals surface area contributed by atoms with Crippen LogP contribution in [0.25, 0.3) is 0 Å². The van der Waals surface area contributed by atoms with E-state index in [-0.39, 0.29) is 5.41 Å². The standard InChI is InChI=1S/C8H18O2/c1-7(2,3)6-10-8(4,5)9/h9H,6H2,1-5H3. The summed E-state index contributed by atoms with van der Waals surface area (Å²) in [6, 6.07) is 0. The van der Waals surface area contributed by atoms with Crippen LogP contribution in [0.2, 0.25) is 0 Å². The van der Waals surface area contributed by atoms with Crippen molar-refractivity contribution in [3.05, 3.63) is 0 Å². The van der Waals surface area contributed by atoms with Gasteiger partial charge in [0.15, 0.2) is 5.79 Å². The largest absolute Gasteiger partial charge is 0.366 e. The van der Waals surface area contributed by atoms with Crippen LogP contribution in [0.3, 0.4) is 0 Å². The Kier molecular flexibility index (Phi) is 2.86. The topological polar surface area (TPSA) is 29.5 Å². The molecule has 0 aliphatic heterocycles. The van der Waals surface area contributed by atoms with Crippen LogP contribution in [0.4, 0.5) is 0 Å². The van der Waals surface area contributed by atoms with Crippen molar-refractivity contribution in [2.45, 2.75) is 40.4 Å². The molecule has 0 saturated carbocycles. The molecule has 0 fully saturated rings. The predicted molar refractivity (Wildman–Crippen MR) is 41.7 cm³/mol. The molecule has 0 aromatic heterocycles. The van der Waals surface area contributed by atoms with Gasteiger partial charge in [0.25, 0.3) is 0 Å². The number of ether oxygens (including phenoxy) is 1. The highest BCUT2D eigenvalue weighted by Gasteiger charge is 2.17. The van der Waals surface area contributed by atoms with Crippen LogP contribution in [0, 0.1) is 5.41 Å². The Morgan fingerprint density at radius 3 is 1.60 bits per heavy atom. The maximum atomic E-state index is 9.16. The predicted octanol–water partition coefficient (Wildman–Crippen LogP) is 1.78. The molecule has 0 amide bonds. The molecule has 2 nitrogen and oxygen atoms in total. The van der Waals surface area contributed by atoms with Gasteiger partial charge in [-0.25, -0.2) is 0 Å². The first-order valence-corrected chi connectivity index (χ1v) is 3.57. The SMILES string of the molecule is CC(C)(C)COC(C)(C)O. The first kappa shape index (κ1) is 9.92. The first-order valence-electron chi connectivity index (χ1n) is 3.57. The lowest BCUT2D eigenvalue weighted by molar-refractivity contribution is -0.190. The highest BCUT2D eigenvalue weighted by atomic mass is 16.6. The van der Waals surface area contributed by atoms with E-state index < -0.39 is 5.79 Å². The molecule has 2 heteroatoms. The van der Waals surface area contributed by atoms with Gasteiger partial charge in [-0.2, -0.15) is 0 Å². The molecule has 0 rings (SSSR count). The Labute approximate surface area is 63.2 Å². The van der Waals surface area contributed by atoms with Crippen molar-refractivity contribution in [2.24, 2.45) is 5.41 Å². The number of rotatable bonds is 2. The molecule has 0 aliphatic rings. The molecule has 10 heavy (non-hydrogen) atoms. The highest BCUT2D eigenvalue weighted by molar-refractivity contribution is 4.61. The van der Waals surface area contributed by atoms with Gasteiger partial charge in [-0.1, -0.05) is 20.8 Å². The Morgan fingerprint density at radius 2 is 1.50 bits per heavy atom. The van der Waals surface area contributed by atoms with Crippen molar-refractivity contribution in [1.29, 1.82) is 0 Å². The van der Waals surface area contributed by atoms with Gasteiger partial charge < -0.3 is 9.84 Å². The van der Waals surface area contributed by atoms with Crippen LogP contribution >= 0.6 is 0 Å². The Hall–Kier alpha value is -0.0800. The first-order chi connectivity index (χ1) is 4.21. The van der Waals surface area contributed by atoms with Gasteiger partial charge in [0, 0.05) is 0 Å². The number of aliphatic hydroxyl groups is 1. The molecular weight excluding hydrogens is 128 g/mol. The monoisotopic (exact) mass is 146 g/mol. The second-order valence-corrected chi connectivity index (χ2v) is 4.30. The molecule has 0 unspecified atom stereocenters. The maximum absolute atomic E-state index is 9.16. The van der Waals surface area contributed by atoms with Crippen LogP contribution in [0.15, 0.2) is 0 Å². The van der Waals surface area contributed by atoms with E-state index in [0.29, 0.717) is 6.61 Å². The smallest absolute Gasteiger partial charge is 0.159 e. The van der Waals surface area contributed by atoms with Gasteiger partial charge in [-0.05, 0) is 19.3 Å². The lowest BCUT2D eigenvalue weighted by Gasteiger charge is -2.25. The zero-order valence-electron chi connectivity index (χ0n) is 7.56.